The van der Waals surface area contributed by atoms with E-state index in [0.717, 1.165) is 5.56 Å². The van der Waals surface area contributed by atoms with Gasteiger partial charge in [0.05, 0.1) is 12.5 Å². The molecule has 0 bridgehead atoms. The molecule has 1 heterocycles. The molecular formula is C13H14ClN3O. The SMILES string of the molecule is NC(c1noc(Cc2cccc(Cl)c2)n1)C1CC1. The van der Waals surface area contributed by atoms with E-state index in [0.29, 0.717) is 29.1 Å². The van der Waals surface area contributed by atoms with Gasteiger partial charge in [-0.15, -0.1) is 0 Å². The minimum Gasteiger partial charge on any atom is -0.339 e. The Morgan fingerprint density at radius 1 is 1.44 bits per heavy atom. The van der Waals surface area contributed by atoms with Crippen molar-refractivity contribution < 1.29 is 4.52 Å². The van der Waals surface area contributed by atoms with Crippen molar-refractivity contribution in [2.75, 3.05) is 0 Å². The standard InChI is InChI=1S/C13H14ClN3O/c14-10-3-1-2-8(6-10)7-11-16-13(17-18-11)12(15)9-4-5-9/h1-3,6,9,12H,4-5,7,15H2. The van der Waals surface area contributed by atoms with E-state index in [1.165, 1.54) is 12.8 Å². The quantitative estimate of drug-likeness (QED) is 0.921. The maximum atomic E-state index is 6.03. The summed E-state index contributed by atoms with van der Waals surface area (Å²) >= 11 is 5.93. The summed E-state index contributed by atoms with van der Waals surface area (Å²) < 4.78 is 5.22. The zero-order chi connectivity index (χ0) is 12.5. The fourth-order valence-corrected chi connectivity index (χ4v) is 2.18. The lowest BCUT2D eigenvalue weighted by atomic mass is 10.1. The lowest BCUT2D eigenvalue weighted by Crippen LogP contribution is -2.14. The van der Waals surface area contributed by atoms with Gasteiger partial charge >= 0.3 is 0 Å². The minimum atomic E-state index is -0.0816. The van der Waals surface area contributed by atoms with Crippen molar-refractivity contribution in [1.29, 1.82) is 0 Å². The average Bonchev–Trinajstić information content (AvgIpc) is 3.09. The Hall–Kier alpha value is -1.39. The summed E-state index contributed by atoms with van der Waals surface area (Å²) in [5.41, 5.74) is 7.08. The monoisotopic (exact) mass is 263 g/mol. The molecule has 0 aliphatic heterocycles. The maximum Gasteiger partial charge on any atom is 0.231 e. The van der Waals surface area contributed by atoms with Crippen molar-refractivity contribution in [1.82, 2.24) is 10.1 Å². The van der Waals surface area contributed by atoms with E-state index in [2.05, 4.69) is 10.1 Å². The number of nitrogens with zero attached hydrogens (tertiary/aromatic N) is 2. The second-order valence-electron chi connectivity index (χ2n) is 4.72. The molecule has 0 radical (unpaired) electrons. The molecule has 1 unspecified atom stereocenters. The van der Waals surface area contributed by atoms with Crippen molar-refractivity contribution in [2.24, 2.45) is 11.7 Å². The van der Waals surface area contributed by atoms with Gasteiger partial charge in [-0.1, -0.05) is 28.9 Å². The van der Waals surface area contributed by atoms with E-state index < -0.39 is 0 Å². The van der Waals surface area contributed by atoms with E-state index in [1.54, 1.807) is 0 Å². The van der Waals surface area contributed by atoms with Crippen molar-refractivity contribution >= 4 is 11.6 Å². The molecule has 3 rings (SSSR count). The van der Waals surface area contributed by atoms with Crippen LogP contribution in [0.5, 0.6) is 0 Å². The molecule has 0 amide bonds. The fraction of sp³-hybridized carbons (Fsp3) is 0.385. The Labute approximate surface area is 110 Å². The number of benzene rings is 1. The highest BCUT2D eigenvalue weighted by Gasteiger charge is 2.32. The van der Waals surface area contributed by atoms with Crippen LogP contribution in [-0.4, -0.2) is 10.1 Å². The van der Waals surface area contributed by atoms with Crippen LogP contribution in [0.1, 0.15) is 36.2 Å². The lowest BCUT2D eigenvalue weighted by molar-refractivity contribution is 0.373. The van der Waals surface area contributed by atoms with Gasteiger partial charge < -0.3 is 10.3 Å². The molecule has 18 heavy (non-hydrogen) atoms. The highest BCUT2D eigenvalue weighted by atomic mass is 35.5. The first-order valence-electron chi connectivity index (χ1n) is 6.05. The molecule has 2 N–H and O–H groups in total. The highest BCUT2D eigenvalue weighted by molar-refractivity contribution is 6.30. The van der Waals surface area contributed by atoms with Crippen LogP contribution in [0, 0.1) is 5.92 Å². The molecule has 1 saturated carbocycles. The van der Waals surface area contributed by atoms with Crippen LogP contribution in [0.4, 0.5) is 0 Å². The first-order valence-corrected chi connectivity index (χ1v) is 6.42. The summed E-state index contributed by atoms with van der Waals surface area (Å²) in [5, 5.41) is 4.66. The van der Waals surface area contributed by atoms with E-state index in [4.69, 9.17) is 21.9 Å². The Balaban J connectivity index is 1.73. The van der Waals surface area contributed by atoms with Crippen LogP contribution in [0.25, 0.3) is 0 Å². The molecule has 1 aliphatic carbocycles. The van der Waals surface area contributed by atoms with Crippen LogP contribution in [-0.2, 0) is 6.42 Å². The van der Waals surface area contributed by atoms with E-state index >= 15 is 0 Å². The summed E-state index contributed by atoms with van der Waals surface area (Å²) in [6, 6.07) is 7.54. The van der Waals surface area contributed by atoms with Crippen molar-refractivity contribution in [3.05, 3.63) is 46.6 Å². The van der Waals surface area contributed by atoms with Gasteiger partial charge in [-0.25, -0.2) is 0 Å². The third-order valence-corrected chi connectivity index (χ3v) is 3.39. The summed E-state index contributed by atoms with van der Waals surface area (Å²) in [7, 11) is 0. The van der Waals surface area contributed by atoms with Crippen LogP contribution in [0.2, 0.25) is 5.02 Å². The van der Waals surface area contributed by atoms with Crippen molar-refractivity contribution in [3.63, 3.8) is 0 Å². The van der Waals surface area contributed by atoms with E-state index in [1.807, 2.05) is 24.3 Å². The van der Waals surface area contributed by atoms with Gasteiger partial charge in [-0.2, -0.15) is 4.98 Å². The highest BCUT2D eigenvalue weighted by Crippen LogP contribution is 2.38. The summed E-state index contributed by atoms with van der Waals surface area (Å²) in [4.78, 5) is 4.35. The molecule has 2 aromatic rings. The Kier molecular flexibility index (Phi) is 3.06. The number of rotatable bonds is 4. The maximum absolute atomic E-state index is 6.03. The van der Waals surface area contributed by atoms with Gasteiger partial charge in [0.2, 0.25) is 5.89 Å². The van der Waals surface area contributed by atoms with Crippen molar-refractivity contribution in [3.8, 4) is 0 Å². The average molecular weight is 264 g/mol. The molecule has 0 saturated heterocycles. The predicted octanol–water partition coefficient (Wildman–Crippen LogP) is 2.72. The molecule has 1 aliphatic rings. The molecular weight excluding hydrogens is 250 g/mol. The minimum absolute atomic E-state index is 0.0816. The second kappa shape index (κ2) is 4.71. The third kappa shape index (κ3) is 2.54. The largest absolute Gasteiger partial charge is 0.339 e. The van der Waals surface area contributed by atoms with Crippen LogP contribution in [0.3, 0.4) is 0 Å². The number of aromatic nitrogens is 2. The Bertz CT molecular complexity index is 551. The van der Waals surface area contributed by atoms with Gasteiger partial charge in [0, 0.05) is 5.02 Å². The van der Waals surface area contributed by atoms with Crippen LogP contribution >= 0.6 is 11.6 Å². The van der Waals surface area contributed by atoms with Gasteiger partial charge in [0.1, 0.15) is 0 Å². The topological polar surface area (TPSA) is 64.9 Å². The zero-order valence-electron chi connectivity index (χ0n) is 9.84. The molecule has 4 nitrogen and oxygen atoms in total. The predicted molar refractivity (Wildman–Crippen MR) is 68.2 cm³/mol. The Morgan fingerprint density at radius 2 is 2.28 bits per heavy atom. The van der Waals surface area contributed by atoms with Crippen LogP contribution < -0.4 is 5.73 Å². The fourth-order valence-electron chi connectivity index (χ4n) is 1.96. The first-order chi connectivity index (χ1) is 8.72. The second-order valence-corrected chi connectivity index (χ2v) is 5.15. The Morgan fingerprint density at radius 3 is 3.00 bits per heavy atom. The molecule has 94 valence electrons. The number of hydrogen-bond acceptors (Lipinski definition) is 4. The van der Waals surface area contributed by atoms with Gasteiger partial charge in [-0.3, -0.25) is 0 Å². The third-order valence-electron chi connectivity index (χ3n) is 3.16. The molecule has 5 heteroatoms. The van der Waals surface area contributed by atoms with Gasteiger partial charge in [0.25, 0.3) is 0 Å². The van der Waals surface area contributed by atoms with Crippen molar-refractivity contribution in [2.45, 2.75) is 25.3 Å². The number of nitrogens with two attached hydrogens (primary N) is 1. The normalized spacial score (nSPS) is 16.8. The lowest BCUT2D eigenvalue weighted by Gasteiger charge is -2.01. The van der Waals surface area contributed by atoms with Crippen LogP contribution in [0.15, 0.2) is 28.8 Å². The van der Waals surface area contributed by atoms with E-state index in [9.17, 15) is 0 Å². The molecule has 1 aromatic carbocycles. The molecule has 0 spiro atoms. The summed E-state index contributed by atoms with van der Waals surface area (Å²) in [5.74, 6) is 1.74. The molecule has 1 fully saturated rings. The smallest absolute Gasteiger partial charge is 0.231 e. The summed E-state index contributed by atoms with van der Waals surface area (Å²) in [6.07, 6.45) is 2.92. The molecule has 1 aromatic heterocycles. The van der Waals surface area contributed by atoms with E-state index in [-0.39, 0.29) is 6.04 Å². The van der Waals surface area contributed by atoms with Gasteiger partial charge in [-0.05, 0) is 36.5 Å². The summed E-state index contributed by atoms with van der Waals surface area (Å²) in [6.45, 7) is 0. The molecule has 1 atom stereocenters. The number of halogens is 1. The van der Waals surface area contributed by atoms with Gasteiger partial charge in [0.15, 0.2) is 5.82 Å². The first kappa shape index (κ1) is 11.7. The zero-order valence-corrected chi connectivity index (χ0v) is 10.6. The number of hydrogen-bond donors (Lipinski definition) is 1.